The van der Waals surface area contributed by atoms with Gasteiger partial charge in [-0.3, -0.25) is 0 Å². The number of hydrogen-bond acceptors (Lipinski definition) is 4. The van der Waals surface area contributed by atoms with Crippen LogP contribution in [-0.2, 0) is 0 Å². The molecule has 18 heavy (non-hydrogen) atoms. The van der Waals surface area contributed by atoms with Gasteiger partial charge < -0.3 is 14.6 Å². The maximum absolute atomic E-state index is 13.9. The molecule has 0 bridgehead atoms. The van der Waals surface area contributed by atoms with Crippen LogP contribution in [0.2, 0.25) is 0 Å². The summed E-state index contributed by atoms with van der Waals surface area (Å²) in [4.78, 5) is 11.7. The summed E-state index contributed by atoms with van der Waals surface area (Å²) in [5.41, 5.74) is -0.671. The molecule has 0 aliphatic heterocycles. The van der Waals surface area contributed by atoms with Gasteiger partial charge in [0.2, 0.25) is 0 Å². The molecule has 0 radical (unpaired) electrons. The van der Waals surface area contributed by atoms with Crippen molar-refractivity contribution in [3.63, 3.8) is 0 Å². The zero-order chi connectivity index (χ0) is 12.9. The first-order valence-electron chi connectivity index (χ1n) is 5.14. The first-order valence-corrected chi connectivity index (χ1v) is 5.14. The first kappa shape index (κ1) is 10.6. The Bertz CT molecular complexity index is 836. The quantitative estimate of drug-likeness (QED) is 0.472. The SMILES string of the molecule is O=c1oc2cc(O)ccc2c2c(F)cc(O)cc12. The van der Waals surface area contributed by atoms with Gasteiger partial charge >= 0.3 is 5.63 Å². The lowest BCUT2D eigenvalue weighted by Gasteiger charge is -2.04. The van der Waals surface area contributed by atoms with Gasteiger partial charge in [-0.05, 0) is 18.2 Å². The van der Waals surface area contributed by atoms with Crippen LogP contribution in [0.5, 0.6) is 11.5 Å². The molecule has 0 atom stereocenters. The third-order valence-electron chi connectivity index (χ3n) is 2.73. The van der Waals surface area contributed by atoms with Crippen molar-refractivity contribution < 1.29 is 19.0 Å². The minimum absolute atomic E-state index is 0.0364. The molecule has 1 aromatic heterocycles. The summed E-state index contributed by atoms with van der Waals surface area (Å²) in [6.07, 6.45) is 0. The van der Waals surface area contributed by atoms with E-state index in [9.17, 15) is 19.4 Å². The average molecular weight is 246 g/mol. The fourth-order valence-electron chi connectivity index (χ4n) is 1.98. The number of aromatic hydroxyl groups is 2. The van der Waals surface area contributed by atoms with Gasteiger partial charge in [-0.25, -0.2) is 9.18 Å². The first-order chi connectivity index (χ1) is 8.56. The van der Waals surface area contributed by atoms with E-state index in [-0.39, 0.29) is 27.9 Å². The van der Waals surface area contributed by atoms with Crippen LogP contribution in [-0.4, -0.2) is 10.2 Å². The van der Waals surface area contributed by atoms with E-state index in [1.807, 2.05) is 0 Å². The lowest BCUT2D eigenvalue weighted by atomic mass is 10.1. The van der Waals surface area contributed by atoms with Crippen LogP contribution in [0.3, 0.4) is 0 Å². The topological polar surface area (TPSA) is 70.7 Å². The number of halogens is 1. The Morgan fingerprint density at radius 3 is 2.56 bits per heavy atom. The van der Waals surface area contributed by atoms with E-state index in [0.717, 1.165) is 12.1 Å². The second kappa shape index (κ2) is 3.46. The van der Waals surface area contributed by atoms with Crippen LogP contribution in [0.25, 0.3) is 21.7 Å². The molecule has 0 saturated heterocycles. The molecule has 0 saturated carbocycles. The molecule has 0 aliphatic carbocycles. The summed E-state index contributed by atoms with van der Waals surface area (Å²) in [7, 11) is 0. The Labute approximate surface area is 99.5 Å². The highest BCUT2D eigenvalue weighted by Crippen LogP contribution is 2.29. The second-order valence-electron chi connectivity index (χ2n) is 3.92. The van der Waals surface area contributed by atoms with Crippen molar-refractivity contribution in [3.05, 3.63) is 46.6 Å². The molecule has 0 fully saturated rings. The van der Waals surface area contributed by atoms with Crippen LogP contribution in [0, 0.1) is 5.82 Å². The van der Waals surface area contributed by atoms with E-state index in [0.29, 0.717) is 5.39 Å². The summed E-state index contributed by atoms with van der Waals surface area (Å²) in [5, 5.41) is 19.0. The van der Waals surface area contributed by atoms with Crippen molar-refractivity contribution in [2.75, 3.05) is 0 Å². The molecule has 2 aromatic carbocycles. The molecule has 0 aliphatic rings. The fourth-order valence-corrected chi connectivity index (χ4v) is 1.98. The number of rotatable bonds is 0. The van der Waals surface area contributed by atoms with E-state index in [4.69, 9.17) is 4.42 Å². The van der Waals surface area contributed by atoms with Crippen molar-refractivity contribution in [3.8, 4) is 11.5 Å². The molecule has 3 aromatic rings. The van der Waals surface area contributed by atoms with Crippen molar-refractivity contribution in [2.24, 2.45) is 0 Å². The summed E-state index contributed by atoms with van der Waals surface area (Å²) in [5.74, 6) is -1.14. The largest absolute Gasteiger partial charge is 0.508 e. The number of phenols is 2. The molecule has 0 amide bonds. The number of phenolic OH excluding ortho intramolecular Hbond substituents is 2. The normalized spacial score (nSPS) is 11.2. The van der Waals surface area contributed by atoms with Gasteiger partial charge in [0.1, 0.15) is 22.9 Å². The molecule has 3 rings (SSSR count). The van der Waals surface area contributed by atoms with Gasteiger partial charge in [0.05, 0.1) is 5.39 Å². The Hall–Kier alpha value is -2.56. The van der Waals surface area contributed by atoms with Gasteiger partial charge in [-0.1, -0.05) is 0 Å². The van der Waals surface area contributed by atoms with Gasteiger partial charge in [0.25, 0.3) is 0 Å². The van der Waals surface area contributed by atoms with E-state index >= 15 is 0 Å². The van der Waals surface area contributed by atoms with Crippen LogP contribution < -0.4 is 5.63 Å². The highest BCUT2D eigenvalue weighted by Gasteiger charge is 2.13. The predicted octanol–water partition coefficient (Wildman–Crippen LogP) is 2.50. The molecule has 0 unspecified atom stereocenters. The maximum atomic E-state index is 13.9. The molecular formula is C13H7FO4. The summed E-state index contributed by atoms with van der Waals surface area (Å²) < 4.78 is 18.8. The Balaban J connectivity index is 2.65. The third-order valence-corrected chi connectivity index (χ3v) is 2.73. The second-order valence-corrected chi connectivity index (χ2v) is 3.92. The average Bonchev–Trinajstić information content (AvgIpc) is 2.29. The number of benzene rings is 2. The van der Waals surface area contributed by atoms with Gasteiger partial charge in [-0.2, -0.15) is 0 Å². The molecular weight excluding hydrogens is 239 g/mol. The Morgan fingerprint density at radius 2 is 1.78 bits per heavy atom. The molecule has 0 spiro atoms. The van der Waals surface area contributed by atoms with Crippen molar-refractivity contribution in [1.29, 1.82) is 0 Å². The smallest absolute Gasteiger partial charge is 0.344 e. The molecule has 2 N–H and O–H groups in total. The van der Waals surface area contributed by atoms with Gasteiger partial charge in [-0.15, -0.1) is 0 Å². The maximum Gasteiger partial charge on any atom is 0.344 e. The molecule has 1 heterocycles. The van der Waals surface area contributed by atoms with Crippen molar-refractivity contribution in [1.82, 2.24) is 0 Å². The number of fused-ring (bicyclic) bond motifs is 3. The van der Waals surface area contributed by atoms with Crippen molar-refractivity contribution in [2.45, 2.75) is 0 Å². The van der Waals surface area contributed by atoms with Gasteiger partial charge in [0, 0.05) is 22.9 Å². The highest BCUT2D eigenvalue weighted by molar-refractivity contribution is 6.05. The lowest BCUT2D eigenvalue weighted by Crippen LogP contribution is -2.01. The minimum atomic E-state index is -0.766. The fraction of sp³-hybridized carbons (Fsp3) is 0. The van der Waals surface area contributed by atoms with Crippen LogP contribution in [0.15, 0.2) is 39.5 Å². The van der Waals surface area contributed by atoms with Crippen LogP contribution >= 0.6 is 0 Å². The summed E-state index contributed by atoms with van der Waals surface area (Å²) in [6, 6.07) is 6.14. The Morgan fingerprint density at radius 1 is 1.00 bits per heavy atom. The number of hydrogen-bond donors (Lipinski definition) is 2. The zero-order valence-electron chi connectivity index (χ0n) is 8.98. The molecule has 4 nitrogen and oxygen atoms in total. The van der Waals surface area contributed by atoms with Crippen LogP contribution in [0.1, 0.15) is 0 Å². The predicted molar refractivity (Wildman–Crippen MR) is 63.3 cm³/mol. The van der Waals surface area contributed by atoms with E-state index < -0.39 is 11.4 Å². The van der Waals surface area contributed by atoms with Crippen LogP contribution in [0.4, 0.5) is 4.39 Å². The minimum Gasteiger partial charge on any atom is -0.508 e. The van der Waals surface area contributed by atoms with E-state index in [1.54, 1.807) is 0 Å². The lowest BCUT2D eigenvalue weighted by molar-refractivity contribution is 0.469. The summed E-state index contributed by atoms with van der Waals surface area (Å²) >= 11 is 0. The molecule has 90 valence electrons. The van der Waals surface area contributed by atoms with E-state index in [1.165, 1.54) is 18.2 Å². The zero-order valence-corrected chi connectivity index (χ0v) is 8.98. The standard InChI is InChI=1S/C13H7FO4/c14-10-4-7(16)3-9-12(10)8-2-1-6(15)5-11(8)18-13(9)17/h1-5,15-16H. The monoisotopic (exact) mass is 246 g/mol. The van der Waals surface area contributed by atoms with E-state index in [2.05, 4.69) is 0 Å². The Kier molecular flexibility index (Phi) is 2.04. The van der Waals surface area contributed by atoms with Crippen molar-refractivity contribution >= 4 is 21.7 Å². The highest BCUT2D eigenvalue weighted by atomic mass is 19.1. The molecule has 5 heteroatoms. The summed E-state index contributed by atoms with van der Waals surface area (Å²) in [6.45, 7) is 0. The van der Waals surface area contributed by atoms with Gasteiger partial charge in [0.15, 0.2) is 0 Å². The third kappa shape index (κ3) is 1.41.